The first-order chi connectivity index (χ1) is 38.8. The van der Waals surface area contributed by atoms with E-state index in [4.69, 9.17) is 20.3 Å². The van der Waals surface area contributed by atoms with Crippen LogP contribution in [-0.4, -0.2) is 47.6 Å². The fourth-order valence-electron chi connectivity index (χ4n) is 8.43. The number of aliphatic hydroxyl groups excluding tert-OH is 3. The van der Waals surface area contributed by atoms with Gasteiger partial charge in [0, 0.05) is 126 Å². The molecule has 15 heteroatoms. The van der Waals surface area contributed by atoms with Gasteiger partial charge in [0.2, 0.25) is 0 Å². The molecule has 0 bridgehead atoms. The van der Waals surface area contributed by atoms with Crippen LogP contribution in [-0.2, 0) is 74.7 Å². The number of hydrogen-bond donors (Lipinski definition) is 3. The van der Waals surface area contributed by atoms with Crippen molar-refractivity contribution >= 4 is 112 Å². The second-order valence-electron chi connectivity index (χ2n) is 19.0. The Morgan fingerprint density at radius 2 is 0.857 bits per heavy atom. The van der Waals surface area contributed by atoms with Gasteiger partial charge in [0.05, 0.1) is 22.0 Å². The smallest absolute Gasteiger partial charge is 0.155 e. The number of carbonyl (C=O) groups excluding carboxylic acids is 3. The SMILES string of the molecule is CC(=O)C=C(C)O.CC(=O)C=C(C)O.CC(=O)C=C(C)O.Cc1cc[c-]c(-c2cc3c(cn2)sc2ccccc23)c1.Cc1cc[c-]c(-c2ccc3c(n2)sc2ccccc23)c1.Cc1cc[c-]c(-c2nccc3c2sc2ccccc23)c1.[Ir].[Ir].[Ir]. The van der Waals surface area contributed by atoms with Crippen LogP contribution in [0.2, 0.25) is 0 Å². The van der Waals surface area contributed by atoms with Crippen LogP contribution < -0.4 is 0 Å². The van der Waals surface area contributed by atoms with Crippen molar-refractivity contribution in [3.63, 3.8) is 0 Å². The Bertz CT molecular complexity index is 4220. The molecule has 84 heavy (non-hydrogen) atoms. The fourth-order valence-corrected chi connectivity index (χ4v) is 11.8. The molecule has 12 aromatic rings. The predicted octanol–water partition coefficient (Wildman–Crippen LogP) is 18.8. The topological polar surface area (TPSA) is 151 Å². The summed E-state index contributed by atoms with van der Waals surface area (Å²) in [5.74, 6) is -0.187. The number of nitrogens with zero attached hydrogens (tertiary/aromatic N) is 3. The van der Waals surface area contributed by atoms with Crippen molar-refractivity contribution in [2.45, 2.75) is 62.3 Å². The molecular weight excluding hydrogens is 1640 g/mol. The van der Waals surface area contributed by atoms with Crippen molar-refractivity contribution < 1.29 is 90.0 Å². The number of allylic oxidation sites excluding steroid dienone is 6. The molecule has 435 valence electrons. The van der Waals surface area contributed by atoms with Crippen LogP contribution in [0.4, 0.5) is 0 Å². The van der Waals surface area contributed by atoms with Gasteiger partial charge in [-0.1, -0.05) is 93.6 Å². The Labute approximate surface area is 542 Å². The second kappa shape index (κ2) is 33.5. The Balaban J connectivity index is 0.000000228. The first-order valence-corrected chi connectivity index (χ1v) is 28.2. The Kier molecular flexibility index (Phi) is 27.7. The summed E-state index contributed by atoms with van der Waals surface area (Å²) in [6, 6.07) is 62.4. The first-order valence-electron chi connectivity index (χ1n) is 25.7. The summed E-state index contributed by atoms with van der Waals surface area (Å²) < 4.78 is 6.40. The molecule has 12 rings (SSSR count). The molecule has 6 aromatic heterocycles. The standard InChI is InChI=1S/3C18H12NS.3C5H8O2.3Ir/c1-12-5-4-6-13(9-12)16-10-15-14-7-2-3-8-17(14)20-18(15)11-19-16;1-12-5-4-6-13(11-12)16-10-9-15-14-7-2-3-8-17(14)20-18(15)19-16;1-12-5-4-6-13(11-12)17-18-15(9-10-19-17)14-7-2-3-8-16(14)20-18;3*1-4(6)3-5(2)7;;;/h3*2-5,7-11H,1H3;3*3,6H,1-2H3;;;/q3*-1;;;;;;. The fraction of sp³-hybridized carbons (Fsp3) is 0.130. The van der Waals surface area contributed by atoms with Gasteiger partial charge in [0.25, 0.3) is 0 Å². The molecule has 9 nitrogen and oxygen atoms in total. The van der Waals surface area contributed by atoms with E-state index in [2.05, 4.69) is 182 Å². The van der Waals surface area contributed by atoms with E-state index >= 15 is 0 Å². The minimum Gasteiger partial charge on any atom is -0.512 e. The van der Waals surface area contributed by atoms with Gasteiger partial charge >= 0.3 is 0 Å². The molecule has 6 aromatic carbocycles. The average molecular weight is 1700 g/mol. The number of benzene rings is 6. The number of rotatable bonds is 6. The zero-order chi connectivity index (χ0) is 58.2. The van der Waals surface area contributed by atoms with E-state index in [1.165, 1.54) is 132 Å². The molecule has 0 aliphatic carbocycles. The molecule has 0 spiro atoms. The van der Waals surface area contributed by atoms with Gasteiger partial charge in [-0.05, 0) is 98.7 Å². The number of carbonyl (C=O) groups is 3. The van der Waals surface area contributed by atoms with E-state index in [0.717, 1.165) is 38.6 Å². The van der Waals surface area contributed by atoms with E-state index < -0.39 is 0 Å². The van der Waals surface area contributed by atoms with E-state index in [-0.39, 0.29) is 94.9 Å². The van der Waals surface area contributed by atoms with Crippen molar-refractivity contribution in [1.29, 1.82) is 0 Å². The molecule has 3 N–H and O–H groups in total. The average Bonchev–Trinajstić information content (AvgIpc) is 3.45. The van der Waals surface area contributed by atoms with Crippen LogP contribution >= 0.6 is 34.0 Å². The molecule has 0 unspecified atom stereocenters. The maximum absolute atomic E-state index is 10.0. The van der Waals surface area contributed by atoms with Crippen molar-refractivity contribution in [1.82, 2.24) is 15.0 Å². The molecule has 0 aliphatic heterocycles. The van der Waals surface area contributed by atoms with E-state index in [0.29, 0.717) is 0 Å². The molecule has 0 aliphatic rings. The number of aryl methyl sites for hydroxylation is 3. The van der Waals surface area contributed by atoms with E-state index in [1.54, 1.807) is 34.0 Å². The summed E-state index contributed by atoms with van der Waals surface area (Å²) in [7, 11) is 0. The number of thiophene rings is 3. The van der Waals surface area contributed by atoms with Crippen molar-refractivity contribution in [3.05, 3.63) is 234 Å². The minimum absolute atomic E-state index is 0. The maximum Gasteiger partial charge on any atom is 0.155 e. The number of aromatic nitrogens is 3. The van der Waals surface area contributed by atoms with Gasteiger partial charge < -0.3 is 25.3 Å². The number of hydrogen-bond acceptors (Lipinski definition) is 12. The number of aliphatic hydroxyl groups is 3. The molecule has 0 fully saturated rings. The van der Waals surface area contributed by atoms with Crippen LogP contribution in [0, 0.1) is 39.0 Å². The van der Waals surface area contributed by atoms with Gasteiger partial charge in [-0.15, -0.1) is 140 Å². The minimum atomic E-state index is -0.125. The zero-order valence-electron chi connectivity index (χ0n) is 47.5. The van der Waals surface area contributed by atoms with Gasteiger partial charge in [-0.2, -0.15) is 0 Å². The summed E-state index contributed by atoms with van der Waals surface area (Å²) >= 11 is 5.35. The first kappa shape index (κ1) is 69.5. The Morgan fingerprint density at radius 3 is 1.33 bits per heavy atom. The third-order valence-corrected chi connectivity index (χ3v) is 15.1. The normalized spacial score (nSPS) is 10.9. The third-order valence-electron chi connectivity index (χ3n) is 11.7. The molecule has 6 heterocycles. The number of pyridine rings is 3. The second-order valence-corrected chi connectivity index (χ2v) is 22.1. The number of ketones is 3. The molecule has 0 saturated carbocycles. The van der Waals surface area contributed by atoms with E-state index in [1.807, 2.05) is 30.6 Å². The van der Waals surface area contributed by atoms with Gasteiger partial charge in [-0.3, -0.25) is 19.4 Å². The number of fused-ring (bicyclic) bond motifs is 9. The molecule has 0 amide bonds. The van der Waals surface area contributed by atoms with Crippen molar-refractivity contribution in [2.24, 2.45) is 0 Å². The Hall–Kier alpha value is -6.99. The Morgan fingerprint density at radius 1 is 0.429 bits per heavy atom. The van der Waals surface area contributed by atoms with Crippen LogP contribution in [0.1, 0.15) is 58.2 Å². The summed E-state index contributed by atoms with van der Waals surface area (Å²) in [6.45, 7) is 14.8. The van der Waals surface area contributed by atoms with Crippen molar-refractivity contribution in [3.8, 4) is 33.8 Å². The van der Waals surface area contributed by atoms with Gasteiger partial charge in [0.15, 0.2) is 17.3 Å². The monoisotopic (exact) mass is 1700 g/mol. The molecule has 3 radical (unpaired) electrons. The largest absolute Gasteiger partial charge is 0.512 e. The van der Waals surface area contributed by atoms with Gasteiger partial charge in [0.1, 0.15) is 4.83 Å². The van der Waals surface area contributed by atoms with Crippen LogP contribution in [0.3, 0.4) is 0 Å². The summed E-state index contributed by atoms with van der Waals surface area (Å²) in [6.07, 6.45) is 7.37. The van der Waals surface area contributed by atoms with Crippen molar-refractivity contribution in [2.75, 3.05) is 0 Å². The van der Waals surface area contributed by atoms with Crippen LogP contribution in [0.25, 0.3) is 94.4 Å². The molecular formula is C69H60Ir3N3O6S3-3. The third kappa shape index (κ3) is 19.8. The predicted molar refractivity (Wildman–Crippen MR) is 340 cm³/mol. The molecule has 0 saturated heterocycles. The zero-order valence-corrected chi connectivity index (χ0v) is 57.1. The van der Waals surface area contributed by atoms with Crippen LogP contribution in [0.15, 0.2) is 200 Å². The maximum atomic E-state index is 10.0. The summed E-state index contributed by atoms with van der Waals surface area (Å²) in [5.41, 5.74) is 9.91. The molecule has 0 atom stereocenters. The van der Waals surface area contributed by atoms with Gasteiger partial charge in [-0.25, -0.2) is 0 Å². The van der Waals surface area contributed by atoms with E-state index in [9.17, 15) is 14.4 Å². The quantitative estimate of drug-likeness (QED) is 0.0840. The van der Waals surface area contributed by atoms with Crippen LogP contribution in [0.5, 0.6) is 0 Å². The summed E-state index contributed by atoms with van der Waals surface area (Å²) in [5, 5.41) is 32.8. The summed E-state index contributed by atoms with van der Waals surface area (Å²) in [4.78, 5) is 45.1.